The van der Waals surface area contributed by atoms with Gasteiger partial charge in [-0.15, -0.1) is 0 Å². The Hall–Kier alpha value is -2.57. The lowest BCUT2D eigenvalue weighted by Gasteiger charge is -2.35. The Kier molecular flexibility index (Phi) is 8.24. The third-order valence-corrected chi connectivity index (χ3v) is 6.79. The van der Waals surface area contributed by atoms with E-state index in [1.807, 2.05) is 0 Å². The normalized spacial score (nSPS) is 18.8. The van der Waals surface area contributed by atoms with Crippen LogP contribution in [0.15, 0.2) is 54.6 Å². The minimum atomic E-state index is -0.642. The molecule has 2 aliphatic heterocycles. The van der Waals surface area contributed by atoms with E-state index < -0.39 is 11.6 Å². The van der Waals surface area contributed by atoms with Crippen molar-refractivity contribution in [3.8, 4) is 0 Å². The minimum Gasteiger partial charge on any atom is -0.337 e. The summed E-state index contributed by atoms with van der Waals surface area (Å²) in [5.74, 6) is -0.699. The predicted molar refractivity (Wildman–Crippen MR) is 128 cm³/mol. The van der Waals surface area contributed by atoms with E-state index in [1.165, 1.54) is 55.8 Å². The van der Waals surface area contributed by atoms with Crippen LogP contribution in [0.25, 0.3) is 6.08 Å². The van der Waals surface area contributed by atoms with E-state index in [2.05, 4.69) is 40.1 Å². The van der Waals surface area contributed by atoms with Gasteiger partial charge in [0.1, 0.15) is 11.6 Å². The molecule has 6 heteroatoms. The lowest BCUT2D eigenvalue weighted by Crippen LogP contribution is -2.48. The molecule has 33 heavy (non-hydrogen) atoms. The molecule has 4 rings (SSSR count). The molecule has 0 saturated carbocycles. The maximum absolute atomic E-state index is 13.3. The van der Waals surface area contributed by atoms with Gasteiger partial charge in [-0.2, -0.15) is 0 Å². The van der Waals surface area contributed by atoms with E-state index in [4.69, 9.17) is 0 Å². The van der Waals surface area contributed by atoms with Crippen molar-refractivity contribution in [2.24, 2.45) is 0 Å². The molecule has 2 heterocycles. The summed E-state index contributed by atoms with van der Waals surface area (Å²) < 4.78 is 26.6. The quantitative estimate of drug-likeness (QED) is 0.582. The Labute approximate surface area is 195 Å². The summed E-state index contributed by atoms with van der Waals surface area (Å²) in [7, 11) is 0. The molecule has 0 aliphatic carbocycles. The summed E-state index contributed by atoms with van der Waals surface area (Å²) in [6.45, 7) is 7.63. The summed E-state index contributed by atoms with van der Waals surface area (Å²) in [5, 5.41) is 0. The average Bonchev–Trinajstić information content (AvgIpc) is 2.83. The summed E-state index contributed by atoms with van der Waals surface area (Å²) in [4.78, 5) is 19.2. The molecule has 2 saturated heterocycles. The van der Waals surface area contributed by atoms with Crippen LogP contribution in [0.2, 0.25) is 0 Å². The van der Waals surface area contributed by atoms with Gasteiger partial charge in [-0.25, -0.2) is 8.78 Å². The zero-order valence-corrected chi connectivity index (χ0v) is 19.1. The molecule has 0 N–H and O–H groups in total. The Balaban J connectivity index is 1.12. The standard InChI is InChI=1S/C27H33F2N3O/c28-25-19-22(20-26(29)21-25)7-8-27(33)32-17-15-31(16-18-32)12-4-11-30-13-9-24(10-14-30)23-5-2-1-3-6-23/h1-3,5-8,19-21,24H,4,9-18H2/b8-7+. The second kappa shape index (κ2) is 11.5. The van der Waals surface area contributed by atoms with Gasteiger partial charge in [0, 0.05) is 38.3 Å². The van der Waals surface area contributed by atoms with E-state index in [-0.39, 0.29) is 5.91 Å². The molecule has 2 aliphatic rings. The predicted octanol–water partition coefficient (Wildman–Crippen LogP) is 4.39. The number of amides is 1. The topological polar surface area (TPSA) is 26.8 Å². The van der Waals surface area contributed by atoms with Gasteiger partial charge in [0.05, 0.1) is 0 Å². The summed E-state index contributed by atoms with van der Waals surface area (Å²) >= 11 is 0. The molecular formula is C27H33F2N3O. The summed E-state index contributed by atoms with van der Waals surface area (Å²) in [6.07, 6.45) is 6.50. The molecule has 4 nitrogen and oxygen atoms in total. The molecule has 0 unspecified atom stereocenters. The van der Waals surface area contributed by atoms with Crippen LogP contribution in [0.5, 0.6) is 0 Å². The second-order valence-electron chi connectivity index (χ2n) is 9.08. The van der Waals surface area contributed by atoms with Gasteiger partial charge in [0.15, 0.2) is 0 Å². The molecule has 2 aromatic carbocycles. The molecule has 0 radical (unpaired) electrons. The molecule has 0 aromatic heterocycles. The highest BCUT2D eigenvalue weighted by atomic mass is 19.1. The first-order valence-corrected chi connectivity index (χ1v) is 12.0. The molecule has 2 aromatic rings. The number of likely N-dealkylation sites (tertiary alicyclic amines) is 1. The lowest BCUT2D eigenvalue weighted by molar-refractivity contribution is -0.127. The van der Waals surface area contributed by atoms with Crippen molar-refractivity contribution in [1.82, 2.24) is 14.7 Å². The lowest BCUT2D eigenvalue weighted by atomic mass is 9.89. The van der Waals surface area contributed by atoms with Gasteiger partial charge >= 0.3 is 0 Å². The van der Waals surface area contributed by atoms with Crippen molar-refractivity contribution in [2.75, 3.05) is 52.4 Å². The molecule has 0 spiro atoms. The van der Waals surface area contributed by atoms with Crippen molar-refractivity contribution < 1.29 is 13.6 Å². The zero-order chi connectivity index (χ0) is 23.0. The number of rotatable bonds is 7. The Morgan fingerprint density at radius 3 is 2.09 bits per heavy atom. The number of piperidine rings is 1. The summed E-state index contributed by atoms with van der Waals surface area (Å²) in [6, 6.07) is 14.1. The van der Waals surface area contributed by atoms with E-state index in [9.17, 15) is 13.6 Å². The van der Waals surface area contributed by atoms with Crippen molar-refractivity contribution in [1.29, 1.82) is 0 Å². The van der Waals surface area contributed by atoms with Gasteiger partial charge in [-0.05, 0) is 80.7 Å². The van der Waals surface area contributed by atoms with Crippen LogP contribution in [-0.4, -0.2) is 73.0 Å². The molecular weight excluding hydrogens is 420 g/mol. The maximum Gasteiger partial charge on any atom is 0.246 e. The van der Waals surface area contributed by atoms with Crippen LogP contribution in [-0.2, 0) is 4.79 Å². The number of benzene rings is 2. The highest BCUT2D eigenvalue weighted by Gasteiger charge is 2.22. The Morgan fingerprint density at radius 1 is 0.848 bits per heavy atom. The van der Waals surface area contributed by atoms with Gasteiger partial charge in [-0.3, -0.25) is 9.69 Å². The molecule has 176 valence electrons. The maximum atomic E-state index is 13.3. The van der Waals surface area contributed by atoms with Gasteiger partial charge in [0.25, 0.3) is 0 Å². The molecule has 0 bridgehead atoms. The Bertz CT molecular complexity index is 913. The number of hydrogen-bond donors (Lipinski definition) is 0. The monoisotopic (exact) mass is 453 g/mol. The van der Waals surface area contributed by atoms with Crippen LogP contribution >= 0.6 is 0 Å². The minimum absolute atomic E-state index is 0.111. The highest BCUT2D eigenvalue weighted by molar-refractivity contribution is 5.91. The first-order chi connectivity index (χ1) is 16.1. The highest BCUT2D eigenvalue weighted by Crippen LogP contribution is 2.27. The van der Waals surface area contributed by atoms with Crippen LogP contribution in [0.1, 0.15) is 36.3 Å². The van der Waals surface area contributed by atoms with Gasteiger partial charge in [-0.1, -0.05) is 30.3 Å². The molecule has 2 fully saturated rings. The summed E-state index contributed by atoms with van der Waals surface area (Å²) in [5.41, 5.74) is 1.83. The van der Waals surface area contributed by atoms with Crippen LogP contribution in [0, 0.1) is 11.6 Å². The second-order valence-corrected chi connectivity index (χ2v) is 9.08. The van der Waals surface area contributed by atoms with Crippen molar-refractivity contribution >= 4 is 12.0 Å². The number of nitrogens with zero attached hydrogens (tertiary/aromatic N) is 3. The van der Waals surface area contributed by atoms with Crippen molar-refractivity contribution in [3.63, 3.8) is 0 Å². The van der Waals surface area contributed by atoms with Gasteiger partial charge < -0.3 is 9.80 Å². The van der Waals surface area contributed by atoms with E-state index >= 15 is 0 Å². The SMILES string of the molecule is O=C(/C=C/c1cc(F)cc(F)c1)N1CCN(CCCN2CCC(c3ccccc3)CC2)CC1. The van der Waals surface area contributed by atoms with Gasteiger partial charge in [0.2, 0.25) is 5.91 Å². The number of halogens is 2. The van der Waals surface area contributed by atoms with Crippen molar-refractivity contribution in [3.05, 3.63) is 77.4 Å². The van der Waals surface area contributed by atoms with E-state index in [0.29, 0.717) is 24.6 Å². The first-order valence-electron chi connectivity index (χ1n) is 12.0. The molecule has 1 amide bonds. The van der Waals surface area contributed by atoms with Crippen LogP contribution in [0.4, 0.5) is 8.78 Å². The fraction of sp³-hybridized carbons (Fsp3) is 0.444. The largest absolute Gasteiger partial charge is 0.337 e. The number of piperazine rings is 1. The zero-order valence-electron chi connectivity index (χ0n) is 19.1. The fourth-order valence-corrected chi connectivity index (χ4v) is 4.87. The fourth-order valence-electron chi connectivity index (χ4n) is 4.87. The third-order valence-electron chi connectivity index (χ3n) is 6.79. The third kappa shape index (κ3) is 6.95. The van der Waals surface area contributed by atoms with E-state index in [1.54, 1.807) is 4.90 Å². The Morgan fingerprint density at radius 2 is 1.45 bits per heavy atom. The van der Waals surface area contributed by atoms with Crippen LogP contribution in [0.3, 0.4) is 0 Å². The van der Waals surface area contributed by atoms with Crippen LogP contribution < -0.4 is 0 Å². The molecule has 0 atom stereocenters. The first kappa shape index (κ1) is 23.6. The number of hydrogen-bond acceptors (Lipinski definition) is 3. The smallest absolute Gasteiger partial charge is 0.246 e. The average molecular weight is 454 g/mol. The number of carbonyl (C=O) groups excluding carboxylic acids is 1. The van der Waals surface area contributed by atoms with Crippen molar-refractivity contribution in [2.45, 2.75) is 25.2 Å². The number of carbonyl (C=O) groups is 1. The van der Waals surface area contributed by atoms with E-state index in [0.717, 1.165) is 38.7 Å².